The molecule has 1 aliphatic heterocycles. The molecule has 0 unspecified atom stereocenters. The van der Waals surface area contributed by atoms with Crippen molar-refractivity contribution in [3.63, 3.8) is 0 Å². The molecule has 0 saturated carbocycles. The molecule has 0 bridgehead atoms. The molecule has 0 saturated heterocycles. The predicted octanol–water partition coefficient (Wildman–Crippen LogP) is 1.76. The molecule has 1 aromatic rings. The van der Waals surface area contributed by atoms with Crippen LogP contribution in [0.5, 0.6) is 0 Å². The molecule has 2 rings (SSSR count). The van der Waals surface area contributed by atoms with Crippen molar-refractivity contribution in [2.75, 3.05) is 11.7 Å². The number of rotatable bonds is 1. The lowest BCUT2D eigenvalue weighted by atomic mass is 10.3. The van der Waals surface area contributed by atoms with Gasteiger partial charge in [0.2, 0.25) is 0 Å². The summed E-state index contributed by atoms with van der Waals surface area (Å²) in [5.41, 5.74) is 1.04. The van der Waals surface area contributed by atoms with Crippen LogP contribution in [0.15, 0.2) is 36.5 Å². The molecule has 0 aliphatic carbocycles. The van der Waals surface area contributed by atoms with Crippen LogP contribution in [0.25, 0.3) is 0 Å². The summed E-state index contributed by atoms with van der Waals surface area (Å²) in [5.74, 6) is 0. The first-order chi connectivity index (χ1) is 5.47. The third-order valence-corrected chi connectivity index (χ3v) is 1.51. The minimum absolute atomic E-state index is 0.550. The van der Waals surface area contributed by atoms with Crippen molar-refractivity contribution in [2.45, 2.75) is 0 Å². The molecule has 2 heteroatoms. The lowest BCUT2D eigenvalue weighted by Gasteiger charge is -2.13. The van der Waals surface area contributed by atoms with E-state index in [1.54, 1.807) is 11.3 Å². The molecule has 2 nitrogen and oxygen atoms in total. The minimum Gasteiger partial charge on any atom is -0.264 e. The van der Waals surface area contributed by atoms with Gasteiger partial charge in [0.05, 0.1) is 5.69 Å². The molecule has 0 fully saturated rings. The minimum atomic E-state index is 0.550. The summed E-state index contributed by atoms with van der Waals surface area (Å²) in [4.78, 5) is 5.21. The fourth-order valence-corrected chi connectivity index (χ4v) is 0.988. The van der Waals surface area contributed by atoms with Crippen molar-refractivity contribution in [3.05, 3.63) is 42.6 Å². The second kappa shape index (κ2) is 2.76. The Balaban J connectivity index is 2.23. The number of hydrogen-bond donors (Lipinski definition) is 0. The fourth-order valence-electron chi connectivity index (χ4n) is 0.988. The molecule has 1 aliphatic rings. The SMILES string of the molecule is [C]1=CN(c2ccccc2)OC1. The normalized spacial score (nSPS) is 15.8. The average molecular weight is 146 g/mol. The molecule has 0 N–H and O–H groups in total. The van der Waals surface area contributed by atoms with Gasteiger partial charge in [0.25, 0.3) is 0 Å². The van der Waals surface area contributed by atoms with Gasteiger partial charge in [0, 0.05) is 12.3 Å². The van der Waals surface area contributed by atoms with Gasteiger partial charge in [0.15, 0.2) is 0 Å². The quantitative estimate of drug-likeness (QED) is 0.598. The zero-order chi connectivity index (χ0) is 7.52. The summed E-state index contributed by atoms with van der Waals surface area (Å²) in [5, 5.41) is 1.71. The topological polar surface area (TPSA) is 12.5 Å². The first kappa shape index (κ1) is 6.43. The lowest BCUT2D eigenvalue weighted by molar-refractivity contribution is 0.178. The van der Waals surface area contributed by atoms with Crippen LogP contribution in [0.3, 0.4) is 0 Å². The Morgan fingerprint density at radius 1 is 1.27 bits per heavy atom. The molecule has 1 radical (unpaired) electrons. The van der Waals surface area contributed by atoms with Gasteiger partial charge in [-0.05, 0) is 12.1 Å². The van der Waals surface area contributed by atoms with E-state index in [-0.39, 0.29) is 0 Å². The van der Waals surface area contributed by atoms with Crippen LogP contribution in [-0.4, -0.2) is 6.61 Å². The number of para-hydroxylation sites is 1. The Labute approximate surface area is 65.7 Å². The molecule has 1 aromatic carbocycles. The molecule has 0 amide bonds. The molecule has 1 heterocycles. The zero-order valence-corrected chi connectivity index (χ0v) is 6.03. The molecular formula is C9H8NO. The standard InChI is InChI=1S/C9H8NO/c1-2-5-9(6-3-1)10-7-4-8-11-10/h1-3,5-7H,8H2. The van der Waals surface area contributed by atoms with Crippen molar-refractivity contribution in [2.24, 2.45) is 0 Å². The van der Waals surface area contributed by atoms with Gasteiger partial charge in [0.1, 0.15) is 6.61 Å². The Morgan fingerprint density at radius 2 is 2.09 bits per heavy atom. The number of benzene rings is 1. The number of anilines is 1. The van der Waals surface area contributed by atoms with Crippen LogP contribution in [0.4, 0.5) is 5.69 Å². The highest BCUT2D eigenvalue weighted by Gasteiger charge is 2.05. The van der Waals surface area contributed by atoms with E-state index >= 15 is 0 Å². The van der Waals surface area contributed by atoms with E-state index in [0.717, 1.165) is 5.69 Å². The monoisotopic (exact) mass is 146 g/mol. The van der Waals surface area contributed by atoms with E-state index in [4.69, 9.17) is 4.84 Å². The van der Waals surface area contributed by atoms with Gasteiger partial charge in [-0.1, -0.05) is 18.2 Å². The number of hydroxylamine groups is 1. The zero-order valence-electron chi connectivity index (χ0n) is 6.03. The summed E-state index contributed by atoms with van der Waals surface area (Å²) in [6.45, 7) is 0.550. The van der Waals surface area contributed by atoms with E-state index in [1.165, 1.54) is 0 Å². The Morgan fingerprint density at radius 3 is 2.73 bits per heavy atom. The van der Waals surface area contributed by atoms with Gasteiger partial charge >= 0.3 is 0 Å². The molecule has 0 atom stereocenters. The molecule has 0 aromatic heterocycles. The first-order valence-electron chi connectivity index (χ1n) is 3.51. The van der Waals surface area contributed by atoms with E-state index in [1.807, 2.05) is 30.3 Å². The van der Waals surface area contributed by atoms with Crippen molar-refractivity contribution in [1.82, 2.24) is 0 Å². The summed E-state index contributed by atoms with van der Waals surface area (Å²) in [6.07, 6.45) is 4.75. The summed E-state index contributed by atoms with van der Waals surface area (Å²) < 4.78 is 0. The molecule has 11 heavy (non-hydrogen) atoms. The maximum atomic E-state index is 5.21. The Bertz CT molecular complexity index is 256. The molecule has 55 valence electrons. The smallest absolute Gasteiger partial charge is 0.102 e. The van der Waals surface area contributed by atoms with E-state index in [2.05, 4.69) is 6.08 Å². The van der Waals surface area contributed by atoms with Crippen molar-refractivity contribution >= 4 is 5.69 Å². The van der Waals surface area contributed by atoms with Crippen LogP contribution in [-0.2, 0) is 4.84 Å². The average Bonchev–Trinajstić information content (AvgIpc) is 2.58. The number of hydrogen-bond acceptors (Lipinski definition) is 2. The second-order valence-electron chi connectivity index (χ2n) is 2.27. The maximum absolute atomic E-state index is 5.21. The third-order valence-electron chi connectivity index (χ3n) is 1.51. The largest absolute Gasteiger partial charge is 0.264 e. The highest BCUT2D eigenvalue weighted by Crippen LogP contribution is 2.16. The second-order valence-corrected chi connectivity index (χ2v) is 2.27. The van der Waals surface area contributed by atoms with Gasteiger partial charge in [-0.3, -0.25) is 4.84 Å². The number of nitrogens with zero attached hydrogens (tertiary/aromatic N) is 1. The van der Waals surface area contributed by atoms with Crippen molar-refractivity contribution in [1.29, 1.82) is 0 Å². The van der Waals surface area contributed by atoms with Gasteiger partial charge in [-0.15, -0.1) is 0 Å². The van der Waals surface area contributed by atoms with Gasteiger partial charge < -0.3 is 0 Å². The van der Waals surface area contributed by atoms with Crippen LogP contribution in [0.2, 0.25) is 0 Å². The van der Waals surface area contributed by atoms with Crippen LogP contribution < -0.4 is 5.06 Å². The lowest BCUT2D eigenvalue weighted by Crippen LogP contribution is -2.10. The van der Waals surface area contributed by atoms with Crippen LogP contribution in [0.1, 0.15) is 0 Å². The predicted molar refractivity (Wildman–Crippen MR) is 42.7 cm³/mol. The van der Waals surface area contributed by atoms with Gasteiger partial charge in [-0.25, -0.2) is 5.06 Å². The molecular weight excluding hydrogens is 138 g/mol. The maximum Gasteiger partial charge on any atom is 0.102 e. The van der Waals surface area contributed by atoms with E-state index in [9.17, 15) is 0 Å². The Kier molecular flexibility index (Phi) is 1.61. The molecule has 0 spiro atoms. The highest BCUT2D eigenvalue weighted by molar-refractivity contribution is 5.46. The van der Waals surface area contributed by atoms with Gasteiger partial charge in [-0.2, -0.15) is 0 Å². The van der Waals surface area contributed by atoms with Crippen LogP contribution in [0, 0.1) is 6.08 Å². The Hall–Kier alpha value is -1.28. The van der Waals surface area contributed by atoms with Crippen molar-refractivity contribution in [3.8, 4) is 0 Å². The first-order valence-corrected chi connectivity index (χ1v) is 3.51. The van der Waals surface area contributed by atoms with Crippen molar-refractivity contribution < 1.29 is 4.84 Å². The van der Waals surface area contributed by atoms with E-state index < -0.39 is 0 Å². The summed E-state index contributed by atoms with van der Waals surface area (Å²) in [6, 6.07) is 9.91. The third kappa shape index (κ3) is 1.25. The highest BCUT2D eigenvalue weighted by atomic mass is 16.7. The van der Waals surface area contributed by atoms with E-state index in [0.29, 0.717) is 6.61 Å². The summed E-state index contributed by atoms with van der Waals surface area (Å²) >= 11 is 0. The summed E-state index contributed by atoms with van der Waals surface area (Å²) in [7, 11) is 0. The fraction of sp³-hybridized carbons (Fsp3) is 0.111. The van der Waals surface area contributed by atoms with Crippen LogP contribution >= 0.6 is 0 Å².